The highest BCUT2D eigenvalue weighted by Gasteiger charge is 2.22. The van der Waals surface area contributed by atoms with Crippen molar-refractivity contribution < 1.29 is 19.0 Å². The van der Waals surface area contributed by atoms with Crippen molar-refractivity contribution in [2.24, 2.45) is 5.10 Å². The molecule has 0 aliphatic rings. The van der Waals surface area contributed by atoms with Crippen molar-refractivity contribution in [2.75, 3.05) is 20.8 Å². The Morgan fingerprint density at radius 2 is 1.56 bits per heavy atom. The highest BCUT2D eigenvalue weighted by Crippen LogP contribution is 2.32. The smallest absolute Gasteiger partial charge is 0.277 e. The van der Waals surface area contributed by atoms with Gasteiger partial charge in [0.15, 0.2) is 6.61 Å². The molecule has 0 spiro atoms. The quantitative estimate of drug-likeness (QED) is 0.398. The van der Waals surface area contributed by atoms with E-state index in [2.05, 4.69) is 36.5 Å². The van der Waals surface area contributed by atoms with Gasteiger partial charge in [0.05, 0.1) is 20.4 Å². The maximum Gasteiger partial charge on any atom is 0.277 e. The standard InChI is InChI=1S/C26H28N2O4/c1-26(2,20-8-6-5-7-9-20)21-10-12-22(13-11-21)32-18-25(29)28-27-17-19-16-23(30-3)14-15-24(19)31-4/h5-17H,18H2,1-4H3,(H,28,29). The van der Waals surface area contributed by atoms with Crippen molar-refractivity contribution in [3.05, 3.63) is 89.5 Å². The van der Waals surface area contributed by atoms with Crippen LogP contribution in [0, 0.1) is 0 Å². The predicted molar refractivity (Wildman–Crippen MR) is 126 cm³/mol. The second-order valence-electron chi connectivity index (χ2n) is 7.71. The Hall–Kier alpha value is -3.80. The van der Waals surface area contributed by atoms with Crippen molar-refractivity contribution in [3.8, 4) is 17.2 Å². The average Bonchev–Trinajstić information content (AvgIpc) is 2.83. The molecule has 0 radical (unpaired) electrons. The third-order valence-corrected chi connectivity index (χ3v) is 5.27. The maximum absolute atomic E-state index is 12.1. The number of hydrogen-bond acceptors (Lipinski definition) is 5. The molecule has 1 amide bonds. The van der Waals surface area contributed by atoms with Crippen molar-refractivity contribution in [3.63, 3.8) is 0 Å². The molecule has 32 heavy (non-hydrogen) atoms. The first-order chi connectivity index (χ1) is 15.4. The molecule has 0 aromatic heterocycles. The van der Waals surface area contributed by atoms with Crippen LogP contribution in [0.5, 0.6) is 17.2 Å². The van der Waals surface area contributed by atoms with E-state index in [0.717, 1.165) is 5.56 Å². The summed E-state index contributed by atoms with van der Waals surface area (Å²) in [5.41, 5.74) is 5.41. The molecule has 6 heteroatoms. The zero-order valence-corrected chi connectivity index (χ0v) is 18.8. The zero-order chi connectivity index (χ0) is 23.0. The van der Waals surface area contributed by atoms with Crippen LogP contribution in [0.4, 0.5) is 0 Å². The van der Waals surface area contributed by atoms with Crippen LogP contribution in [0.15, 0.2) is 77.9 Å². The Morgan fingerprint density at radius 3 is 2.22 bits per heavy atom. The van der Waals surface area contributed by atoms with Crippen molar-refractivity contribution in [1.82, 2.24) is 5.43 Å². The van der Waals surface area contributed by atoms with Crippen LogP contribution in [0.1, 0.15) is 30.5 Å². The molecule has 0 heterocycles. The SMILES string of the molecule is COc1ccc(OC)c(C=NNC(=O)COc2ccc(C(C)(C)c3ccccc3)cc2)c1. The summed E-state index contributed by atoms with van der Waals surface area (Å²) in [7, 11) is 3.15. The van der Waals surface area contributed by atoms with Gasteiger partial charge in [-0.3, -0.25) is 4.79 Å². The van der Waals surface area contributed by atoms with E-state index in [1.807, 2.05) is 42.5 Å². The molecule has 3 aromatic carbocycles. The number of rotatable bonds is 9. The highest BCUT2D eigenvalue weighted by molar-refractivity contribution is 5.86. The van der Waals surface area contributed by atoms with Gasteiger partial charge in [0.2, 0.25) is 0 Å². The normalized spacial score (nSPS) is 11.2. The Bertz CT molecular complexity index is 1060. The monoisotopic (exact) mass is 432 g/mol. The first kappa shape index (κ1) is 22.9. The molecular weight excluding hydrogens is 404 g/mol. The molecule has 3 rings (SSSR count). The van der Waals surface area contributed by atoms with Crippen LogP contribution < -0.4 is 19.6 Å². The second-order valence-corrected chi connectivity index (χ2v) is 7.71. The lowest BCUT2D eigenvalue weighted by Crippen LogP contribution is -2.24. The zero-order valence-electron chi connectivity index (χ0n) is 18.8. The van der Waals surface area contributed by atoms with E-state index >= 15 is 0 Å². The van der Waals surface area contributed by atoms with Gasteiger partial charge in [-0.25, -0.2) is 5.43 Å². The average molecular weight is 433 g/mol. The molecule has 0 saturated carbocycles. The molecule has 0 bridgehead atoms. The third kappa shape index (κ3) is 5.66. The van der Waals surface area contributed by atoms with Crippen LogP contribution in [0.3, 0.4) is 0 Å². The Labute approximate surface area is 188 Å². The minimum Gasteiger partial charge on any atom is -0.497 e. The fourth-order valence-electron chi connectivity index (χ4n) is 3.28. The van der Waals surface area contributed by atoms with E-state index in [1.165, 1.54) is 11.8 Å². The number of ether oxygens (including phenoxy) is 3. The number of nitrogens with one attached hydrogen (secondary N) is 1. The van der Waals surface area contributed by atoms with Crippen LogP contribution in [-0.2, 0) is 10.2 Å². The van der Waals surface area contributed by atoms with E-state index in [0.29, 0.717) is 22.8 Å². The number of methoxy groups -OCH3 is 2. The number of hydrazone groups is 1. The first-order valence-electron chi connectivity index (χ1n) is 10.3. The van der Waals surface area contributed by atoms with Crippen LogP contribution >= 0.6 is 0 Å². The Kier molecular flexibility index (Phi) is 7.49. The summed E-state index contributed by atoms with van der Waals surface area (Å²) in [5, 5.41) is 3.98. The first-order valence-corrected chi connectivity index (χ1v) is 10.3. The molecule has 0 aliphatic heterocycles. The number of carbonyl (C=O) groups excluding carboxylic acids is 1. The molecule has 166 valence electrons. The van der Waals surface area contributed by atoms with Crippen LogP contribution in [0.2, 0.25) is 0 Å². The topological polar surface area (TPSA) is 69.2 Å². The van der Waals surface area contributed by atoms with E-state index in [9.17, 15) is 4.79 Å². The Balaban J connectivity index is 1.55. The lowest BCUT2D eigenvalue weighted by atomic mass is 9.78. The number of carbonyl (C=O) groups is 1. The van der Waals surface area contributed by atoms with E-state index < -0.39 is 0 Å². The van der Waals surface area contributed by atoms with Gasteiger partial charge in [0.25, 0.3) is 5.91 Å². The molecule has 0 fully saturated rings. The summed E-state index contributed by atoms with van der Waals surface area (Å²) in [6, 6.07) is 23.5. The fraction of sp³-hybridized carbons (Fsp3) is 0.231. The van der Waals surface area contributed by atoms with E-state index in [-0.39, 0.29) is 17.9 Å². The van der Waals surface area contributed by atoms with E-state index in [4.69, 9.17) is 14.2 Å². The van der Waals surface area contributed by atoms with E-state index in [1.54, 1.807) is 32.4 Å². The Morgan fingerprint density at radius 1 is 0.906 bits per heavy atom. The lowest BCUT2D eigenvalue weighted by Gasteiger charge is -2.26. The van der Waals surface area contributed by atoms with Crippen molar-refractivity contribution in [1.29, 1.82) is 0 Å². The van der Waals surface area contributed by atoms with Gasteiger partial charge in [0.1, 0.15) is 17.2 Å². The predicted octanol–water partition coefficient (Wildman–Crippen LogP) is 4.56. The van der Waals surface area contributed by atoms with Gasteiger partial charge < -0.3 is 14.2 Å². The molecular formula is C26H28N2O4. The van der Waals surface area contributed by atoms with Crippen molar-refractivity contribution in [2.45, 2.75) is 19.3 Å². The van der Waals surface area contributed by atoms with Gasteiger partial charge in [-0.05, 0) is 41.5 Å². The van der Waals surface area contributed by atoms with Gasteiger partial charge >= 0.3 is 0 Å². The molecule has 6 nitrogen and oxygen atoms in total. The second kappa shape index (κ2) is 10.5. The van der Waals surface area contributed by atoms with Crippen molar-refractivity contribution >= 4 is 12.1 Å². The molecule has 1 N–H and O–H groups in total. The summed E-state index contributed by atoms with van der Waals surface area (Å²) < 4.78 is 16.1. The van der Waals surface area contributed by atoms with Crippen LogP contribution in [-0.4, -0.2) is 32.9 Å². The molecule has 0 unspecified atom stereocenters. The minimum absolute atomic E-state index is 0.132. The van der Waals surface area contributed by atoms with Gasteiger partial charge in [-0.15, -0.1) is 0 Å². The maximum atomic E-state index is 12.1. The molecule has 0 atom stereocenters. The summed E-state index contributed by atoms with van der Waals surface area (Å²) in [6.07, 6.45) is 1.50. The molecule has 3 aromatic rings. The van der Waals surface area contributed by atoms with Gasteiger partial charge in [0, 0.05) is 11.0 Å². The largest absolute Gasteiger partial charge is 0.497 e. The summed E-state index contributed by atoms with van der Waals surface area (Å²) in [6.45, 7) is 4.22. The fourth-order valence-corrected chi connectivity index (χ4v) is 3.28. The summed E-state index contributed by atoms with van der Waals surface area (Å²) in [4.78, 5) is 12.1. The number of amides is 1. The third-order valence-electron chi connectivity index (χ3n) is 5.27. The minimum atomic E-state index is -0.364. The highest BCUT2D eigenvalue weighted by atomic mass is 16.5. The molecule has 0 aliphatic carbocycles. The number of benzene rings is 3. The van der Waals surface area contributed by atoms with Crippen LogP contribution in [0.25, 0.3) is 0 Å². The number of hydrogen-bond donors (Lipinski definition) is 1. The number of nitrogens with zero attached hydrogens (tertiary/aromatic N) is 1. The van der Waals surface area contributed by atoms with Gasteiger partial charge in [-0.1, -0.05) is 56.3 Å². The summed E-state index contributed by atoms with van der Waals surface area (Å²) >= 11 is 0. The lowest BCUT2D eigenvalue weighted by molar-refractivity contribution is -0.123. The molecule has 0 saturated heterocycles. The summed E-state index contributed by atoms with van der Waals surface area (Å²) in [5.74, 6) is 1.54. The van der Waals surface area contributed by atoms with Gasteiger partial charge in [-0.2, -0.15) is 5.10 Å².